The van der Waals surface area contributed by atoms with E-state index in [2.05, 4.69) is 27.7 Å². The molecule has 29 heavy (non-hydrogen) atoms. The first-order chi connectivity index (χ1) is 14.2. The summed E-state index contributed by atoms with van der Waals surface area (Å²) in [7, 11) is 0. The molecular formula is C21H34N4O3S. The van der Waals surface area contributed by atoms with E-state index >= 15 is 0 Å². The number of ether oxygens (including phenoxy) is 3. The van der Waals surface area contributed by atoms with Gasteiger partial charge in [0.05, 0.1) is 32.6 Å². The van der Waals surface area contributed by atoms with Crippen LogP contribution >= 0.6 is 12.2 Å². The normalized spacial score (nSPS) is 14.7. The fourth-order valence-corrected chi connectivity index (χ4v) is 3.04. The average molecular weight is 423 g/mol. The van der Waals surface area contributed by atoms with E-state index in [0.717, 1.165) is 62.9 Å². The van der Waals surface area contributed by atoms with Crippen LogP contribution in [0.1, 0.15) is 38.7 Å². The van der Waals surface area contributed by atoms with Crippen molar-refractivity contribution in [3.8, 4) is 11.5 Å². The summed E-state index contributed by atoms with van der Waals surface area (Å²) in [5.41, 5.74) is 3.77. The van der Waals surface area contributed by atoms with Gasteiger partial charge in [-0.05, 0) is 49.3 Å². The van der Waals surface area contributed by atoms with Crippen LogP contribution in [0.15, 0.2) is 23.3 Å². The first-order valence-electron chi connectivity index (χ1n) is 10.5. The molecule has 7 nitrogen and oxygen atoms in total. The minimum atomic E-state index is 0.510. The van der Waals surface area contributed by atoms with Crippen molar-refractivity contribution in [2.24, 2.45) is 5.10 Å². The second kappa shape index (κ2) is 14.1. The molecular weight excluding hydrogens is 388 g/mol. The van der Waals surface area contributed by atoms with Gasteiger partial charge < -0.3 is 19.5 Å². The molecule has 0 spiro atoms. The van der Waals surface area contributed by atoms with Crippen LogP contribution in [0.5, 0.6) is 11.5 Å². The van der Waals surface area contributed by atoms with Crippen molar-refractivity contribution < 1.29 is 14.2 Å². The van der Waals surface area contributed by atoms with Crippen molar-refractivity contribution >= 4 is 23.5 Å². The third-order valence-corrected chi connectivity index (χ3v) is 4.71. The molecule has 1 heterocycles. The lowest BCUT2D eigenvalue weighted by molar-refractivity contribution is 0.0389. The van der Waals surface area contributed by atoms with Crippen molar-refractivity contribution in [2.75, 3.05) is 52.6 Å². The predicted molar refractivity (Wildman–Crippen MR) is 121 cm³/mol. The SMILES string of the molecule is CCCCCOc1ccc(/C=N/NC(=S)NCCN2CCOCC2)cc1OCC. The van der Waals surface area contributed by atoms with Gasteiger partial charge in [0.1, 0.15) is 0 Å². The Labute approximate surface area is 179 Å². The number of thiocarbonyl (C=S) groups is 1. The average Bonchev–Trinajstić information content (AvgIpc) is 2.73. The van der Waals surface area contributed by atoms with Crippen LogP contribution in [0.25, 0.3) is 0 Å². The standard InChI is InChI=1S/C21H34N4O3S/c1-3-5-6-13-28-19-8-7-18(16-20(19)27-4-2)17-23-24-21(29)22-9-10-25-11-14-26-15-12-25/h7-8,16-17H,3-6,9-15H2,1-2H3,(H2,22,24,29)/b23-17+. The van der Waals surface area contributed by atoms with Crippen LogP contribution in [0.3, 0.4) is 0 Å². The third kappa shape index (κ3) is 9.43. The molecule has 8 heteroatoms. The fourth-order valence-electron chi connectivity index (χ4n) is 2.88. The van der Waals surface area contributed by atoms with Crippen LogP contribution in [-0.2, 0) is 4.74 Å². The number of hydrogen-bond acceptors (Lipinski definition) is 6. The lowest BCUT2D eigenvalue weighted by Gasteiger charge is -2.26. The van der Waals surface area contributed by atoms with Crippen molar-refractivity contribution in [1.82, 2.24) is 15.6 Å². The van der Waals surface area contributed by atoms with Gasteiger partial charge >= 0.3 is 0 Å². The highest BCUT2D eigenvalue weighted by atomic mass is 32.1. The van der Waals surface area contributed by atoms with Gasteiger partial charge in [0.25, 0.3) is 0 Å². The Balaban J connectivity index is 1.76. The zero-order valence-corrected chi connectivity index (χ0v) is 18.4. The second-order valence-electron chi connectivity index (χ2n) is 6.77. The lowest BCUT2D eigenvalue weighted by Crippen LogP contribution is -2.42. The van der Waals surface area contributed by atoms with Crippen LogP contribution in [0, 0.1) is 0 Å². The number of nitrogens with one attached hydrogen (secondary N) is 2. The Hall–Kier alpha value is -1.90. The molecule has 0 radical (unpaired) electrons. The predicted octanol–water partition coefficient (Wildman–Crippen LogP) is 2.78. The van der Waals surface area contributed by atoms with Crippen molar-refractivity contribution in [1.29, 1.82) is 0 Å². The maximum Gasteiger partial charge on any atom is 0.187 e. The number of hydrazone groups is 1. The number of morpholine rings is 1. The summed E-state index contributed by atoms with van der Waals surface area (Å²) in [5, 5.41) is 7.90. The van der Waals surface area contributed by atoms with Gasteiger partial charge in [-0.3, -0.25) is 10.3 Å². The molecule has 0 saturated carbocycles. The fraction of sp³-hybridized carbons (Fsp3) is 0.619. The van der Waals surface area contributed by atoms with Gasteiger partial charge in [-0.1, -0.05) is 19.8 Å². The number of unbranched alkanes of at least 4 members (excludes halogenated alkanes) is 2. The Morgan fingerprint density at radius 2 is 2.03 bits per heavy atom. The molecule has 0 unspecified atom stereocenters. The minimum absolute atomic E-state index is 0.510. The highest BCUT2D eigenvalue weighted by molar-refractivity contribution is 7.80. The second-order valence-corrected chi connectivity index (χ2v) is 7.18. The summed E-state index contributed by atoms with van der Waals surface area (Å²) in [6.07, 6.45) is 5.11. The van der Waals surface area contributed by atoms with Crippen molar-refractivity contribution in [2.45, 2.75) is 33.1 Å². The molecule has 1 aromatic carbocycles. The molecule has 1 aromatic rings. The molecule has 1 fully saturated rings. The Morgan fingerprint density at radius 3 is 2.79 bits per heavy atom. The molecule has 0 aromatic heterocycles. The minimum Gasteiger partial charge on any atom is -0.490 e. The van der Waals surface area contributed by atoms with E-state index in [4.69, 9.17) is 26.4 Å². The number of rotatable bonds is 12. The zero-order valence-electron chi connectivity index (χ0n) is 17.6. The summed E-state index contributed by atoms with van der Waals surface area (Å²) in [6, 6.07) is 5.81. The van der Waals surface area contributed by atoms with E-state index in [1.807, 2.05) is 25.1 Å². The maximum absolute atomic E-state index is 5.86. The quantitative estimate of drug-likeness (QED) is 0.232. The highest BCUT2D eigenvalue weighted by Gasteiger charge is 2.09. The summed E-state index contributed by atoms with van der Waals surface area (Å²) in [6.45, 7) is 10.7. The Kier molecular flexibility index (Phi) is 11.4. The largest absolute Gasteiger partial charge is 0.490 e. The van der Waals surface area contributed by atoms with Crippen LogP contribution < -0.4 is 20.2 Å². The van der Waals surface area contributed by atoms with E-state index in [0.29, 0.717) is 18.3 Å². The van der Waals surface area contributed by atoms with Crippen molar-refractivity contribution in [3.63, 3.8) is 0 Å². The van der Waals surface area contributed by atoms with Gasteiger partial charge in [0, 0.05) is 26.2 Å². The lowest BCUT2D eigenvalue weighted by atomic mass is 10.2. The smallest absolute Gasteiger partial charge is 0.187 e. The summed E-state index contributed by atoms with van der Waals surface area (Å²) < 4.78 is 16.9. The Morgan fingerprint density at radius 1 is 1.21 bits per heavy atom. The number of nitrogens with zero attached hydrogens (tertiary/aromatic N) is 2. The molecule has 0 bridgehead atoms. The zero-order chi connectivity index (χ0) is 20.7. The first kappa shape index (κ1) is 23.4. The van der Waals surface area contributed by atoms with E-state index in [-0.39, 0.29) is 0 Å². The summed E-state index contributed by atoms with van der Waals surface area (Å²) in [4.78, 5) is 2.35. The molecule has 0 amide bonds. The number of hydrogen-bond donors (Lipinski definition) is 2. The monoisotopic (exact) mass is 422 g/mol. The van der Waals surface area contributed by atoms with Crippen molar-refractivity contribution in [3.05, 3.63) is 23.8 Å². The number of benzene rings is 1. The Bertz CT molecular complexity index is 636. The highest BCUT2D eigenvalue weighted by Crippen LogP contribution is 2.28. The molecule has 2 N–H and O–H groups in total. The van der Waals surface area contributed by atoms with Gasteiger partial charge in [0.2, 0.25) is 0 Å². The molecule has 0 atom stereocenters. The first-order valence-corrected chi connectivity index (χ1v) is 10.9. The van der Waals surface area contributed by atoms with E-state index in [1.54, 1.807) is 6.21 Å². The molecule has 1 saturated heterocycles. The summed E-state index contributed by atoms with van der Waals surface area (Å²) >= 11 is 5.27. The molecule has 162 valence electrons. The van der Waals surface area contributed by atoms with Gasteiger partial charge in [-0.25, -0.2) is 0 Å². The van der Waals surface area contributed by atoms with E-state index in [9.17, 15) is 0 Å². The summed E-state index contributed by atoms with van der Waals surface area (Å²) in [5.74, 6) is 1.51. The van der Waals surface area contributed by atoms with Crippen LogP contribution in [0.4, 0.5) is 0 Å². The molecule has 2 rings (SSSR count). The molecule has 1 aliphatic heterocycles. The molecule has 1 aliphatic rings. The van der Waals surface area contributed by atoms with Gasteiger partial charge in [0.15, 0.2) is 16.6 Å². The topological polar surface area (TPSA) is 67.4 Å². The van der Waals surface area contributed by atoms with Crippen LogP contribution in [-0.4, -0.2) is 68.8 Å². The van der Waals surface area contributed by atoms with Crippen LogP contribution in [0.2, 0.25) is 0 Å². The van der Waals surface area contributed by atoms with E-state index in [1.165, 1.54) is 12.8 Å². The van der Waals surface area contributed by atoms with Gasteiger partial charge in [-0.2, -0.15) is 5.10 Å². The van der Waals surface area contributed by atoms with E-state index < -0.39 is 0 Å². The maximum atomic E-state index is 5.86. The van der Waals surface area contributed by atoms with Gasteiger partial charge in [-0.15, -0.1) is 0 Å². The molecule has 0 aliphatic carbocycles. The third-order valence-electron chi connectivity index (χ3n) is 4.47.